The summed E-state index contributed by atoms with van der Waals surface area (Å²) in [5, 5.41) is 5.47. The molecule has 2 heterocycles. The molecule has 1 fully saturated rings. The number of nitrogens with zero attached hydrogens (tertiary/aromatic N) is 2. The molecule has 1 unspecified atom stereocenters. The normalized spacial score (nSPS) is 17.0. The molecule has 37 heavy (non-hydrogen) atoms. The number of carbonyl (C=O) groups excluding carboxylic acids is 2. The minimum Gasteiger partial charge on any atom is -0.486 e. The molecule has 1 atom stereocenters. The topological polar surface area (TPSA) is 71.5 Å². The van der Waals surface area contributed by atoms with Gasteiger partial charge in [-0.05, 0) is 67.3 Å². The van der Waals surface area contributed by atoms with E-state index in [1.54, 1.807) is 5.38 Å². The predicted octanol–water partition coefficient (Wildman–Crippen LogP) is 5.69. The zero-order valence-electron chi connectivity index (χ0n) is 21.8. The number of hydrogen-bond acceptors (Lipinski definition) is 5. The van der Waals surface area contributed by atoms with Gasteiger partial charge in [0.15, 0.2) is 0 Å². The lowest BCUT2D eigenvalue weighted by Gasteiger charge is -2.38. The maximum absolute atomic E-state index is 13.2. The number of thiazole rings is 1. The highest BCUT2D eigenvalue weighted by atomic mass is 32.1. The van der Waals surface area contributed by atoms with Crippen LogP contribution in [0.3, 0.4) is 0 Å². The van der Waals surface area contributed by atoms with Gasteiger partial charge in [-0.2, -0.15) is 0 Å². The summed E-state index contributed by atoms with van der Waals surface area (Å²) in [6, 6.07) is 14.6. The van der Waals surface area contributed by atoms with Crippen LogP contribution in [0.2, 0.25) is 0 Å². The van der Waals surface area contributed by atoms with Crippen LogP contribution in [-0.4, -0.2) is 34.8 Å². The van der Waals surface area contributed by atoms with Crippen LogP contribution in [0.4, 0.5) is 0 Å². The van der Waals surface area contributed by atoms with Crippen molar-refractivity contribution in [1.82, 2.24) is 15.2 Å². The highest BCUT2D eigenvalue weighted by molar-refractivity contribution is 7.09. The van der Waals surface area contributed by atoms with Gasteiger partial charge in [0.2, 0.25) is 5.91 Å². The van der Waals surface area contributed by atoms with E-state index in [4.69, 9.17) is 4.74 Å². The number of ether oxygens (including phenoxy) is 1. The molecule has 6 nitrogen and oxygen atoms in total. The number of nitrogens with one attached hydrogen (secondary N) is 1. The molecule has 7 heteroatoms. The quantitative estimate of drug-likeness (QED) is 0.396. The smallest absolute Gasteiger partial charge is 0.270 e. The summed E-state index contributed by atoms with van der Waals surface area (Å²) >= 11 is 1.43. The molecule has 194 valence electrons. The van der Waals surface area contributed by atoms with Gasteiger partial charge in [-0.1, -0.05) is 49.7 Å². The minimum absolute atomic E-state index is 0.110. The van der Waals surface area contributed by atoms with E-state index in [1.807, 2.05) is 6.07 Å². The van der Waals surface area contributed by atoms with Crippen LogP contribution in [0.5, 0.6) is 5.75 Å². The number of hydrogen-bond donors (Lipinski definition) is 1. The zero-order chi connectivity index (χ0) is 25.9. The van der Waals surface area contributed by atoms with E-state index in [1.165, 1.54) is 22.5 Å². The van der Waals surface area contributed by atoms with Gasteiger partial charge in [-0.15, -0.1) is 11.3 Å². The van der Waals surface area contributed by atoms with Crippen LogP contribution < -0.4 is 10.1 Å². The highest BCUT2D eigenvalue weighted by Crippen LogP contribution is 2.41. The largest absolute Gasteiger partial charge is 0.486 e. The Morgan fingerprint density at radius 3 is 2.78 bits per heavy atom. The molecule has 5 rings (SSSR count). The van der Waals surface area contributed by atoms with Gasteiger partial charge < -0.3 is 15.0 Å². The van der Waals surface area contributed by atoms with Crippen molar-refractivity contribution in [1.29, 1.82) is 0 Å². The number of aryl methyl sites for hydroxylation is 1. The van der Waals surface area contributed by atoms with Crippen molar-refractivity contribution in [3.63, 3.8) is 0 Å². The van der Waals surface area contributed by atoms with Crippen LogP contribution >= 0.6 is 11.3 Å². The fraction of sp³-hybridized carbons (Fsp3) is 0.433. The monoisotopic (exact) mass is 517 g/mol. The molecule has 2 amide bonds. The molecule has 1 saturated carbocycles. The molecule has 2 aromatic carbocycles. The fourth-order valence-electron chi connectivity index (χ4n) is 4.88. The molecule has 0 spiro atoms. The lowest BCUT2D eigenvalue weighted by molar-refractivity contribution is -0.134. The molecule has 3 aromatic rings. The third-order valence-corrected chi connectivity index (χ3v) is 7.89. The van der Waals surface area contributed by atoms with Crippen LogP contribution in [0, 0.1) is 18.8 Å². The Labute approximate surface area is 223 Å². The van der Waals surface area contributed by atoms with Crippen molar-refractivity contribution in [2.75, 3.05) is 13.1 Å². The summed E-state index contributed by atoms with van der Waals surface area (Å²) in [5.74, 6) is 1.59. The summed E-state index contributed by atoms with van der Waals surface area (Å²) in [6.07, 6.45) is 3.78. The second kappa shape index (κ2) is 11.1. The van der Waals surface area contributed by atoms with E-state index < -0.39 is 0 Å². The van der Waals surface area contributed by atoms with Crippen molar-refractivity contribution >= 4 is 23.2 Å². The van der Waals surface area contributed by atoms with E-state index in [0.717, 1.165) is 54.1 Å². The maximum Gasteiger partial charge on any atom is 0.270 e. The van der Waals surface area contributed by atoms with Gasteiger partial charge in [0.1, 0.15) is 23.1 Å². The molecule has 0 bridgehead atoms. The molecule has 1 N–H and O–H groups in total. The van der Waals surface area contributed by atoms with Gasteiger partial charge in [-0.25, -0.2) is 4.98 Å². The molecule has 0 radical (unpaired) electrons. The Morgan fingerprint density at radius 1 is 1.19 bits per heavy atom. The third-order valence-electron chi connectivity index (χ3n) is 7.07. The number of amides is 2. The fourth-order valence-corrected chi connectivity index (χ4v) is 5.56. The second-order valence-corrected chi connectivity index (χ2v) is 11.5. The van der Waals surface area contributed by atoms with E-state index in [0.29, 0.717) is 24.8 Å². The van der Waals surface area contributed by atoms with Gasteiger partial charge in [0, 0.05) is 24.4 Å². The SMILES string of the molecule is Cc1cccc(C2c3cc(OCc4nc(C(=O)NCCC(C)C)cs4)ccc3CCN2C(=O)C2CC2)c1. The molecule has 2 aliphatic rings. The van der Waals surface area contributed by atoms with E-state index in [-0.39, 0.29) is 23.8 Å². The van der Waals surface area contributed by atoms with Crippen molar-refractivity contribution < 1.29 is 14.3 Å². The van der Waals surface area contributed by atoms with E-state index >= 15 is 0 Å². The number of rotatable bonds is 9. The van der Waals surface area contributed by atoms with Gasteiger partial charge in [0.05, 0.1) is 6.04 Å². The van der Waals surface area contributed by atoms with Crippen LogP contribution in [0.15, 0.2) is 47.8 Å². The third kappa shape index (κ3) is 6.04. The lowest BCUT2D eigenvalue weighted by Crippen LogP contribution is -2.41. The molecular formula is C30H35N3O3S. The second-order valence-electron chi connectivity index (χ2n) is 10.6. The Morgan fingerprint density at radius 2 is 2.03 bits per heavy atom. The summed E-state index contributed by atoms with van der Waals surface area (Å²) in [6.45, 7) is 8.04. The van der Waals surface area contributed by atoms with Crippen LogP contribution in [-0.2, 0) is 17.8 Å². The summed E-state index contributed by atoms with van der Waals surface area (Å²) in [5.41, 5.74) is 5.15. The minimum atomic E-state index is -0.140. The Kier molecular flexibility index (Phi) is 7.60. The average molecular weight is 518 g/mol. The standard InChI is InChI=1S/C30H35N3O3S/c1-19(2)11-13-31-29(34)26-18-37-27(32-26)17-36-24-10-9-21-12-14-33(30(35)22-7-8-22)28(25(21)16-24)23-6-4-5-20(3)15-23/h4-6,9-10,15-16,18-19,22,28H,7-8,11-14,17H2,1-3H3,(H,31,34). The number of aromatic nitrogens is 1. The van der Waals surface area contributed by atoms with Gasteiger partial charge >= 0.3 is 0 Å². The molecule has 1 aromatic heterocycles. The molecule has 1 aliphatic heterocycles. The Balaban J connectivity index is 1.32. The summed E-state index contributed by atoms with van der Waals surface area (Å²) < 4.78 is 6.14. The van der Waals surface area contributed by atoms with Gasteiger partial charge in [-0.3, -0.25) is 9.59 Å². The van der Waals surface area contributed by atoms with Crippen molar-refractivity contribution in [3.05, 3.63) is 80.8 Å². The predicted molar refractivity (Wildman–Crippen MR) is 146 cm³/mol. The maximum atomic E-state index is 13.2. The molecule has 1 aliphatic carbocycles. The van der Waals surface area contributed by atoms with E-state index in [2.05, 4.69) is 72.4 Å². The summed E-state index contributed by atoms with van der Waals surface area (Å²) in [7, 11) is 0. The lowest BCUT2D eigenvalue weighted by atomic mass is 9.87. The zero-order valence-corrected chi connectivity index (χ0v) is 22.6. The number of carbonyl (C=O) groups is 2. The number of benzene rings is 2. The molecular weight excluding hydrogens is 482 g/mol. The van der Waals surface area contributed by atoms with Crippen LogP contribution in [0.25, 0.3) is 0 Å². The van der Waals surface area contributed by atoms with Crippen LogP contribution in [0.1, 0.15) is 76.9 Å². The first kappa shape index (κ1) is 25.5. The molecule has 0 saturated heterocycles. The first-order chi connectivity index (χ1) is 17.9. The van der Waals surface area contributed by atoms with Gasteiger partial charge in [0.25, 0.3) is 5.91 Å². The summed E-state index contributed by atoms with van der Waals surface area (Å²) in [4.78, 5) is 32.2. The highest BCUT2D eigenvalue weighted by Gasteiger charge is 2.39. The van der Waals surface area contributed by atoms with Crippen molar-refractivity contribution in [2.45, 2.75) is 59.1 Å². The van der Waals surface area contributed by atoms with Crippen molar-refractivity contribution in [3.8, 4) is 5.75 Å². The first-order valence-electron chi connectivity index (χ1n) is 13.2. The van der Waals surface area contributed by atoms with Crippen molar-refractivity contribution in [2.24, 2.45) is 11.8 Å². The van der Waals surface area contributed by atoms with E-state index in [9.17, 15) is 9.59 Å². The average Bonchev–Trinajstić information content (AvgIpc) is 3.63. The first-order valence-corrected chi connectivity index (χ1v) is 14.1. The Hall–Kier alpha value is -3.19. The Bertz CT molecular complexity index is 1280. The number of fused-ring (bicyclic) bond motifs is 1.